The molecule has 1 aliphatic rings. The molecule has 3 nitrogen and oxygen atoms in total. The van der Waals surface area contributed by atoms with Gasteiger partial charge in [0.2, 0.25) is 0 Å². The molecule has 0 aliphatic carbocycles. The Bertz CT molecular complexity index is 548. The van der Waals surface area contributed by atoms with Crippen LogP contribution in [0.5, 0.6) is 0 Å². The molecule has 0 unspecified atom stereocenters. The number of rotatable bonds is 4. The molecule has 0 aromatic heterocycles. The van der Waals surface area contributed by atoms with Gasteiger partial charge in [-0.25, -0.2) is 0 Å². The van der Waals surface area contributed by atoms with Crippen LogP contribution in [0.3, 0.4) is 0 Å². The third-order valence-electron chi connectivity index (χ3n) is 3.34. The second-order valence-electron chi connectivity index (χ2n) is 4.97. The predicted octanol–water partition coefficient (Wildman–Crippen LogP) is 3.97. The van der Waals surface area contributed by atoms with Crippen molar-refractivity contribution < 1.29 is 14.2 Å². The molecule has 1 saturated heterocycles. The average molecular weight is 305 g/mol. The van der Waals surface area contributed by atoms with Crippen LogP contribution in [0.15, 0.2) is 54.6 Å². The van der Waals surface area contributed by atoms with E-state index in [1.807, 2.05) is 54.6 Å². The summed E-state index contributed by atoms with van der Waals surface area (Å²) in [5.74, 6) is 0. The maximum atomic E-state index is 5.87. The van der Waals surface area contributed by atoms with E-state index in [0.717, 1.165) is 11.1 Å². The highest BCUT2D eigenvalue weighted by atomic mass is 35.5. The second kappa shape index (κ2) is 7.05. The SMILES string of the molecule is Clc1ccc(C2OCC(OCc3ccccc3)CO2)cc1. The van der Waals surface area contributed by atoms with Crippen LogP contribution in [-0.2, 0) is 20.8 Å². The number of hydrogen-bond donors (Lipinski definition) is 0. The van der Waals surface area contributed by atoms with Crippen molar-refractivity contribution in [1.82, 2.24) is 0 Å². The minimum absolute atomic E-state index is 0.0336. The average Bonchev–Trinajstić information content (AvgIpc) is 2.55. The second-order valence-corrected chi connectivity index (χ2v) is 5.41. The Balaban J connectivity index is 1.48. The molecule has 1 fully saturated rings. The van der Waals surface area contributed by atoms with Gasteiger partial charge in [-0.15, -0.1) is 0 Å². The largest absolute Gasteiger partial charge is 0.369 e. The van der Waals surface area contributed by atoms with Crippen molar-refractivity contribution >= 4 is 11.6 Å². The zero-order valence-electron chi connectivity index (χ0n) is 11.6. The van der Waals surface area contributed by atoms with Crippen molar-refractivity contribution in [2.45, 2.75) is 19.0 Å². The molecule has 1 aliphatic heterocycles. The van der Waals surface area contributed by atoms with Gasteiger partial charge in [0.1, 0.15) is 6.10 Å². The van der Waals surface area contributed by atoms with Gasteiger partial charge >= 0.3 is 0 Å². The summed E-state index contributed by atoms with van der Waals surface area (Å²) < 4.78 is 17.2. The van der Waals surface area contributed by atoms with Gasteiger partial charge in [0.15, 0.2) is 6.29 Å². The minimum Gasteiger partial charge on any atom is -0.369 e. The summed E-state index contributed by atoms with van der Waals surface area (Å²) in [4.78, 5) is 0. The molecule has 0 atom stereocenters. The lowest BCUT2D eigenvalue weighted by atomic mass is 10.2. The number of halogens is 1. The smallest absolute Gasteiger partial charge is 0.184 e. The van der Waals surface area contributed by atoms with E-state index in [2.05, 4.69) is 0 Å². The van der Waals surface area contributed by atoms with Crippen molar-refractivity contribution in [1.29, 1.82) is 0 Å². The minimum atomic E-state index is -0.334. The highest BCUT2D eigenvalue weighted by Gasteiger charge is 2.23. The number of benzene rings is 2. The normalized spacial score (nSPS) is 22.1. The molecule has 2 aromatic rings. The fourth-order valence-electron chi connectivity index (χ4n) is 2.18. The zero-order valence-corrected chi connectivity index (χ0v) is 12.3. The highest BCUT2D eigenvalue weighted by molar-refractivity contribution is 6.30. The molecular formula is C17H17ClO3. The molecule has 0 bridgehead atoms. The van der Waals surface area contributed by atoms with E-state index in [-0.39, 0.29) is 12.4 Å². The first-order chi connectivity index (χ1) is 10.3. The third kappa shape index (κ3) is 4.05. The van der Waals surface area contributed by atoms with Crippen LogP contribution in [0.1, 0.15) is 17.4 Å². The van der Waals surface area contributed by atoms with E-state index in [1.54, 1.807) is 0 Å². The van der Waals surface area contributed by atoms with Crippen molar-refractivity contribution in [3.63, 3.8) is 0 Å². The van der Waals surface area contributed by atoms with Crippen LogP contribution in [0.25, 0.3) is 0 Å². The molecule has 0 radical (unpaired) electrons. The van der Waals surface area contributed by atoms with E-state index in [0.29, 0.717) is 24.8 Å². The van der Waals surface area contributed by atoms with E-state index in [1.165, 1.54) is 0 Å². The summed E-state index contributed by atoms with van der Waals surface area (Å²) >= 11 is 5.87. The van der Waals surface area contributed by atoms with Crippen LogP contribution in [0, 0.1) is 0 Å². The summed E-state index contributed by atoms with van der Waals surface area (Å²) in [6.45, 7) is 1.63. The van der Waals surface area contributed by atoms with Crippen molar-refractivity contribution in [2.24, 2.45) is 0 Å². The quantitative estimate of drug-likeness (QED) is 0.855. The molecule has 0 saturated carbocycles. The van der Waals surface area contributed by atoms with Crippen LogP contribution in [-0.4, -0.2) is 19.3 Å². The summed E-state index contributed by atoms with van der Waals surface area (Å²) in [6, 6.07) is 17.6. The number of ether oxygens (including phenoxy) is 3. The maximum absolute atomic E-state index is 5.87. The van der Waals surface area contributed by atoms with Crippen LogP contribution < -0.4 is 0 Å². The van der Waals surface area contributed by atoms with Gasteiger partial charge in [-0.05, 0) is 17.7 Å². The first kappa shape index (κ1) is 14.5. The summed E-state index contributed by atoms with van der Waals surface area (Å²) in [5.41, 5.74) is 2.12. The molecule has 4 heteroatoms. The summed E-state index contributed by atoms with van der Waals surface area (Å²) in [6.07, 6.45) is -0.368. The van der Waals surface area contributed by atoms with Crippen molar-refractivity contribution in [3.8, 4) is 0 Å². The van der Waals surface area contributed by atoms with E-state index < -0.39 is 0 Å². The monoisotopic (exact) mass is 304 g/mol. The number of hydrogen-bond acceptors (Lipinski definition) is 3. The summed E-state index contributed by atoms with van der Waals surface area (Å²) in [7, 11) is 0. The molecule has 110 valence electrons. The molecular weight excluding hydrogens is 288 g/mol. The van der Waals surface area contributed by atoms with E-state index in [4.69, 9.17) is 25.8 Å². The molecule has 0 spiro atoms. The fourth-order valence-corrected chi connectivity index (χ4v) is 2.31. The van der Waals surface area contributed by atoms with Gasteiger partial charge < -0.3 is 14.2 Å². The van der Waals surface area contributed by atoms with Crippen LogP contribution in [0.2, 0.25) is 5.02 Å². The topological polar surface area (TPSA) is 27.7 Å². The Morgan fingerprint density at radius 3 is 2.29 bits per heavy atom. The van der Waals surface area contributed by atoms with Gasteiger partial charge in [0.25, 0.3) is 0 Å². The van der Waals surface area contributed by atoms with E-state index in [9.17, 15) is 0 Å². The Kier molecular flexibility index (Phi) is 4.88. The van der Waals surface area contributed by atoms with Gasteiger partial charge in [-0.3, -0.25) is 0 Å². The molecule has 3 rings (SSSR count). The Labute approximate surface area is 129 Å². The van der Waals surface area contributed by atoms with Crippen LogP contribution >= 0.6 is 11.6 Å². The third-order valence-corrected chi connectivity index (χ3v) is 3.59. The molecule has 0 N–H and O–H groups in total. The lowest BCUT2D eigenvalue weighted by Crippen LogP contribution is -2.33. The highest BCUT2D eigenvalue weighted by Crippen LogP contribution is 2.25. The predicted molar refractivity (Wildman–Crippen MR) is 81.1 cm³/mol. The van der Waals surface area contributed by atoms with E-state index >= 15 is 0 Å². The van der Waals surface area contributed by atoms with Crippen molar-refractivity contribution in [2.75, 3.05) is 13.2 Å². The van der Waals surface area contributed by atoms with Gasteiger partial charge in [0, 0.05) is 10.6 Å². The Morgan fingerprint density at radius 2 is 1.62 bits per heavy atom. The van der Waals surface area contributed by atoms with Gasteiger partial charge in [-0.1, -0.05) is 54.1 Å². The van der Waals surface area contributed by atoms with Gasteiger partial charge in [-0.2, -0.15) is 0 Å². The first-order valence-corrected chi connectivity index (χ1v) is 7.33. The molecule has 2 aromatic carbocycles. The lowest BCUT2D eigenvalue weighted by molar-refractivity contribution is -0.232. The Hall–Kier alpha value is -1.39. The van der Waals surface area contributed by atoms with Gasteiger partial charge in [0.05, 0.1) is 19.8 Å². The first-order valence-electron chi connectivity index (χ1n) is 6.95. The zero-order chi connectivity index (χ0) is 14.5. The molecule has 1 heterocycles. The molecule has 21 heavy (non-hydrogen) atoms. The van der Waals surface area contributed by atoms with Crippen LogP contribution in [0.4, 0.5) is 0 Å². The standard InChI is InChI=1S/C17H17ClO3/c18-15-8-6-14(7-9-15)17-20-11-16(12-21-17)19-10-13-4-2-1-3-5-13/h1-9,16-17H,10-12H2. The fraction of sp³-hybridized carbons (Fsp3) is 0.294. The maximum Gasteiger partial charge on any atom is 0.184 e. The molecule has 0 amide bonds. The van der Waals surface area contributed by atoms with Crippen molar-refractivity contribution in [3.05, 3.63) is 70.7 Å². The summed E-state index contributed by atoms with van der Waals surface area (Å²) in [5, 5.41) is 0.707. The lowest BCUT2D eigenvalue weighted by Gasteiger charge is -2.29. The Morgan fingerprint density at radius 1 is 0.952 bits per heavy atom.